The Bertz CT molecular complexity index is 1120. The van der Waals surface area contributed by atoms with Crippen molar-refractivity contribution in [2.45, 2.75) is 26.8 Å². The highest BCUT2D eigenvalue weighted by Gasteiger charge is 2.15. The number of pyridine rings is 1. The predicted molar refractivity (Wildman–Crippen MR) is 121 cm³/mol. The van der Waals surface area contributed by atoms with Crippen LogP contribution in [0.3, 0.4) is 0 Å². The molecule has 0 amide bonds. The third-order valence-electron chi connectivity index (χ3n) is 4.96. The summed E-state index contributed by atoms with van der Waals surface area (Å²) >= 11 is 0. The molecule has 0 bridgehead atoms. The number of nitrogens with zero attached hydrogens (tertiary/aromatic N) is 3. The zero-order valence-electron chi connectivity index (χ0n) is 18.2. The molecule has 0 saturated heterocycles. The first-order valence-corrected chi connectivity index (χ1v) is 11.4. The van der Waals surface area contributed by atoms with Crippen LogP contribution in [0.2, 0.25) is 0 Å². The Labute approximate surface area is 178 Å². The zero-order chi connectivity index (χ0) is 21.9. The van der Waals surface area contributed by atoms with Crippen LogP contribution in [0.15, 0.2) is 42.7 Å². The molecule has 0 aliphatic heterocycles. The quantitative estimate of drug-likeness (QED) is 0.565. The largest absolute Gasteiger partial charge is 0.481 e. The molecule has 0 atom stereocenters. The predicted octanol–water partition coefficient (Wildman–Crippen LogP) is 3.31. The molecule has 0 fully saturated rings. The number of fused-ring (bicyclic) bond motifs is 1. The Hall–Kier alpha value is -2.42. The van der Waals surface area contributed by atoms with Crippen LogP contribution in [-0.4, -0.2) is 50.0 Å². The van der Waals surface area contributed by atoms with Gasteiger partial charge in [0.15, 0.2) is 0 Å². The van der Waals surface area contributed by atoms with Gasteiger partial charge in [-0.1, -0.05) is 26.0 Å². The molecular weight excluding hydrogens is 400 g/mol. The first-order chi connectivity index (χ1) is 14.2. The van der Waals surface area contributed by atoms with Crippen molar-refractivity contribution in [2.24, 2.45) is 5.92 Å². The zero-order valence-corrected chi connectivity index (χ0v) is 19.0. The van der Waals surface area contributed by atoms with Crippen molar-refractivity contribution in [1.29, 1.82) is 0 Å². The van der Waals surface area contributed by atoms with Gasteiger partial charge in [0.1, 0.15) is 0 Å². The summed E-state index contributed by atoms with van der Waals surface area (Å²) in [4.78, 5) is 4.19. The fourth-order valence-corrected chi connectivity index (χ4v) is 4.05. The van der Waals surface area contributed by atoms with Crippen molar-refractivity contribution in [3.05, 3.63) is 48.3 Å². The van der Waals surface area contributed by atoms with Gasteiger partial charge in [-0.3, -0.25) is 0 Å². The van der Waals surface area contributed by atoms with Crippen molar-refractivity contribution in [3.63, 3.8) is 0 Å². The van der Waals surface area contributed by atoms with Crippen LogP contribution in [-0.2, 0) is 23.2 Å². The highest BCUT2D eigenvalue weighted by Crippen LogP contribution is 2.29. The molecule has 0 aliphatic rings. The van der Waals surface area contributed by atoms with Gasteiger partial charge in [0.05, 0.1) is 7.11 Å². The topological polar surface area (TPSA) is 76.5 Å². The molecule has 0 unspecified atom stereocenters. The monoisotopic (exact) mass is 430 g/mol. The third kappa shape index (κ3) is 5.00. The molecule has 1 aromatic carbocycles. The summed E-state index contributed by atoms with van der Waals surface area (Å²) in [5.74, 6) is 1.07. The van der Waals surface area contributed by atoms with Gasteiger partial charge in [0, 0.05) is 56.5 Å². The van der Waals surface area contributed by atoms with Crippen molar-refractivity contribution < 1.29 is 13.2 Å². The van der Waals surface area contributed by atoms with Gasteiger partial charge in [-0.15, -0.1) is 0 Å². The summed E-state index contributed by atoms with van der Waals surface area (Å²) in [7, 11) is 1.23. The van der Waals surface area contributed by atoms with E-state index in [0.717, 1.165) is 34.1 Å². The third-order valence-corrected chi connectivity index (χ3v) is 6.49. The van der Waals surface area contributed by atoms with E-state index in [-0.39, 0.29) is 0 Å². The number of benzene rings is 1. The summed E-state index contributed by atoms with van der Waals surface area (Å²) in [6.07, 6.45) is 4.51. The summed E-state index contributed by atoms with van der Waals surface area (Å²) in [5, 5.41) is 1.14. The van der Waals surface area contributed by atoms with Gasteiger partial charge in [0.2, 0.25) is 5.88 Å². The molecule has 0 radical (unpaired) electrons. The lowest BCUT2D eigenvalue weighted by Gasteiger charge is -2.11. The first-order valence-electron chi connectivity index (χ1n) is 10.0. The number of methoxy groups -OCH3 is 1. The van der Waals surface area contributed by atoms with Crippen LogP contribution < -0.4 is 9.46 Å². The number of nitrogens with one attached hydrogen (secondary N) is 1. The van der Waals surface area contributed by atoms with Crippen molar-refractivity contribution in [1.82, 2.24) is 18.6 Å². The van der Waals surface area contributed by atoms with Gasteiger partial charge in [-0.05, 0) is 41.2 Å². The van der Waals surface area contributed by atoms with Gasteiger partial charge in [-0.2, -0.15) is 12.7 Å². The van der Waals surface area contributed by atoms with E-state index >= 15 is 0 Å². The van der Waals surface area contributed by atoms with Gasteiger partial charge < -0.3 is 9.30 Å². The molecule has 0 aliphatic carbocycles. The van der Waals surface area contributed by atoms with Crippen LogP contribution >= 0.6 is 0 Å². The Morgan fingerprint density at radius 1 is 1.17 bits per heavy atom. The molecule has 0 saturated carbocycles. The SMILES string of the molecule is COc1cc(-c2ccc3c(CCNS(=O)(=O)N(C)C)cn(CC(C)C)c3c2)ccn1. The van der Waals surface area contributed by atoms with E-state index in [4.69, 9.17) is 4.74 Å². The fourth-order valence-electron chi connectivity index (χ4n) is 3.44. The van der Waals surface area contributed by atoms with E-state index in [1.807, 2.05) is 12.1 Å². The molecule has 30 heavy (non-hydrogen) atoms. The van der Waals surface area contributed by atoms with Gasteiger partial charge >= 0.3 is 0 Å². The van der Waals surface area contributed by atoms with Crippen LogP contribution in [0.1, 0.15) is 19.4 Å². The molecular formula is C22H30N4O3S. The number of aromatic nitrogens is 2. The van der Waals surface area contributed by atoms with E-state index in [9.17, 15) is 8.42 Å². The summed E-state index contributed by atoms with van der Waals surface area (Å²) in [6.45, 7) is 5.62. The first kappa shape index (κ1) is 22.3. The summed E-state index contributed by atoms with van der Waals surface area (Å²) < 4.78 is 35.3. The molecule has 1 N–H and O–H groups in total. The number of hydrogen-bond donors (Lipinski definition) is 1. The van der Waals surface area contributed by atoms with Crippen molar-refractivity contribution >= 4 is 21.1 Å². The Morgan fingerprint density at radius 3 is 2.57 bits per heavy atom. The minimum absolute atomic E-state index is 0.352. The second-order valence-corrected chi connectivity index (χ2v) is 9.92. The van der Waals surface area contributed by atoms with Gasteiger partial charge in [0.25, 0.3) is 10.2 Å². The van der Waals surface area contributed by atoms with Crippen LogP contribution in [0.4, 0.5) is 0 Å². The highest BCUT2D eigenvalue weighted by molar-refractivity contribution is 7.87. The Kier molecular flexibility index (Phi) is 6.80. The average Bonchev–Trinajstić information content (AvgIpc) is 3.04. The Morgan fingerprint density at radius 2 is 1.90 bits per heavy atom. The second-order valence-electron chi connectivity index (χ2n) is 7.95. The number of rotatable bonds is 9. The van der Waals surface area contributed by atoms with E-state index < -0.39 is 10.2 Å². The molecule has 2 heterocycles. The van der Waals surface area contributed by atoms with Gasteiger partial charge in [-0.25, -0.2) is 9.71 Å². The maximum absolute atomic E-state index is 12.0. The number of hydrogen-bond acceptors (Lipinski definition) is 4. The van der Waals surface area contributed by atoms with E-state index in [2.05, 4.69) is 52.5 Å². The lowest BCUT2D eigenvalue weighted by atomic mass is 10.0. The molecule has 2 aromatic heterocycles. The Balaban J connectivity index is 1.95. The van der Waals surface area contributed by atoms with Crippen molar-refractivity contribution in [2.75, 3.05) is 27.7 Å². The summed E-state index contributed by atoms with van der Waals surface area (Å²) in [5.41, 5.74) is 4.40. The molecule has 3 rings (SSSR count). The smallest absolute Gasteiger partial charge is 0.278 e. The van der Waals surface area contributed by atoms with Crippen LogP contribution in [0.5, 0.6) is 5.88 Å². The molecule has 0 spiro atoms. The maximum atomic E-state index is 12.0. The van der Waals surface area contributed by atoms with Crippen molar-refractivity contribution in [3.8, 4) is 17.0 Å². The van der Waals surface area contributed by atoms with E-state index in [1.54, 1.807) is 13.3 Å². The molecule has 3 aromatic rings. The number of ether oxygens (including phenoxy) is 1. The van der Waals surface area contributed by atoms with E-state index in [0.29, 0.717) is 24.8 Å². The fraction of sp³-hybridized carbons (Fsp3) is 0.409. The molecule has 8 heteroatoms. The molecule has 162 valence electrons. The minimum Gasteiger partial charge on any atom is -0.481 e. The lowest BCUT2D eigenvalue weighted by molar-refractivity contribution is 0.398. The lowest BCUT2D eigenvalue weighted by Crippen LogP contribution is -2.36. The maximum Gasteiger partial charge on any atom is 0.278 e. The standard InChI is InChI=1S/C22H30N4O3S/c1-16(2)14-26-15-19(9-11-24-30(27,28)25(3)4)20-7-6-17(12-21(20)26)18-8-10-23-22(13-18)29-5/h6-8,10,12-13,15-16,24H,9,11,14H2,1-5H3. The minimum atomic E-state index is -3.42. The van der Waals surface area contributed by atoms with Crippen LogP contribution in [0, 0.1) is 5.92 Å². The van der Waals surface area contributed by atoms with E-state index in [1.165, 1.54) is 18.4 Å². The second kappa shape index (κ2) is 9.16. The normalized spacial score (nSPS) is 12.2. The summed E-state index contributed by atoms with van der Waals surface area (Å²) in [6, 6.07) is 10.3. The van der Waals surface area contributed by atoms with Crippen LogP contribution in [0.25, 0.3) is 22.0 Å². The highest BCUT2D eigenvalue weighted by atomic mass is 32.2. The molecule has 7 nitrogen and oxygen atoms in total. The average molecular weight is 431 g/mol.